The van der Waals surface area contributed by atoms with E-state index in [0.29, 0.717) is 23.6 Å². The summed E-state index contributed by atoms with van der Waals surface area (Å²) in [4.78, 5) is 39.6. The van der Waals surface area contributed by atoms with Gasteiger partial charge in [-0.1, -0.05) is 12.2 Å². The second kappa shape index (κ2) is 5.06. The lowest BCUT2D eigenvalue weighted by atomic mass is 9.85. The standard InChI is InChI=1S/C21H21NO4/c1-3-26-16-7-4-12(11(2)23)10-15(16)22-19(24)17-13-5-6-14(18(17)20(22)25)21(13)8-9-21/h4-7,10,13-14,17-18H,3,8-9H2,1-2H3/t13-,14+,17-,18+. The SMILES string of the molecule is CCOc1ccc(C(C)=O)cc1N1C(=O)[C@@H]2[C@H](C1=O)[C@H]1C=C[C@@H]2C12CC2. The Kier molecular flexibility index (Phi) is 3.07. The van der Waals surface area contributed by atoms with Gasteiger partial charge in [0.25, 0.3) is 0 Å². The molecular weight excluding hydrogens is 330 g/mol. The third kappa shape index (κ3) is 1.78. The number of imide groups is 1. The van der Waals surface area contributed by atoms with Gasteiger partial charge in [-0.05, 0) is 62.1 Å². The first-order valence-electron chi connectivity index (χ1n) is 9.33. The van der Waals surface area contributed by atoms with E-state index in [1.165, 1.54) is 11.8 Å². The van der Waals surface area contributed by atoms with Gasteiger partial charge in [-0.25, -0.2) is 4.90 Å². The number of allylic oxidation sites excluding steroid dienone is 2. The van der Waals surface area contributed by atoms with Crippen LogP contribution in [0.2, 0.25) is 0 Å². The Hall–Kier alpha value is -2.43. The average molecular weight is 351 g/mol. The van der Waals surface area contributed by atoms with E-state index in [-0.39, 0.29) is 46.7 Å². The molecule has 2 bridgehead atoms. The van der Waals surface area contributed by atoms with Crippen molar-refractivity contribution in [2.45, 2.75) is 26.7 Å². The van der Waals surface area contributed by atoms with E-state index in [1.54, 1.807) is 18.2 Å². The summed E-state index contributed by atoms with van der Waals surface area (Å²) in [6, 6.07) is 4.97. The molecule has 5 heteroatoms. The first-order valence-corrected chi connectivity index (χ1v) is 9.33. The Bertz CT molecular complexity index is 848. The normalized spacial score (nSPS) is 32.5. The maximum atomic E-state index is 13.3. The molecule has 1 saturated heterocycles. The fourth-order valence-corrected chi connectivity index (χ4v) is 5.50. The largest absolute Gasteiger partial charge is 0.492 e. The van der Waals surface area contributed by atoms with Gasteiger partial charge in [0.15, 0.2) is 5.78 Å². The minimum atomic E-state index is -0.254. The molecule has 4 atom stereocenters. The molecule has 1 heterocycles. The summed E-state index contributed by atoms with van der Waals surface area (Å²) in [6.07, 6.45) is 6.55. The van der Waals surface area contributed by atoms with Crippen molar-refractivity contribution in [1.29, 1.82) is 0 Å². The zero-order valence-corrected chi connectivity index (χ0v) is 14.9. The van der Waals surface area contributed by atoms with Gasteiger partial charge in [0, 0.05) is 5.56 Å². The predicted octanol–water partition coefficient (Wildman–Crippen LogP) is 2.99. The number of carbonyl (C=O) groups is 3. The molecule has 1 spiro atoms. The highest BCUT2D eigenvalue weighted by atomic mass is 16.5. The predicted molar refractivity (Wildman–Crippen MR) is 94.9 cm³/mol. The van der Waals surface area contributed by atoms with E-state index in [9.17, 15) is 14.4 Å². The van der Waals surface area contributed by atoms with Crippen LogP contribution in [0.1, 0.15) is 37.0 Å². The summed E-state index contributed by atoms with van der Waals surface area (Å²) in [5, 5.41) is 0. The van der Waals surface area contributed by atoms with Gasteiger partial charge in [-0.2, -0.15) is 0 Å². The van der Waals surface area contributed by atoms with Gasteiger partial charge in [-0.3, -0.25) is 14.4 Å². The Morgan fingerprint density at radius 2 is 1.77 bits per heavy atom. The number of hydrogen-bond acceptors (Lipinski definition) is 4. The van der Waals surface area contributed by atoms with E-state index in [0.717, 1.165) is 12.8 Å². The third-order valence-electron chi connectivity index (χ3n) is 6.76. The Morgan fingerprint density at radius 1 is 1.15 bits per heavy atom. The molecule has 3 aliphatic carbocycles. The Labute approximate surface area is 152 Å². The number of carbonyl (C=O) groups excluding carboxylic acids is 3. The van der Waals surface area contributed by atoms with Crippen LogP contribution in [-0.2, 0) is 9.59 Å². The molecule has 0 radical (unpaired) electrons. The second-order valence-electron chi connectivity index (χ2n) is 7.90. The zero-order valence-electron chi connectivity index (χ0n) is 14.9. The van der Waals surface area contributed by atoms with Gasteiger partial charge >= 0.3 is 0 Å². The van der Waals surface area contributed by atoms with Crippen LogP contribution in [0, 0.1) is 29.1 Å². The number of rotatable bonds is 4. The molecule has 134 valence electrons. The van der Waals surface area contributed by atoms with Gasteiger partial charge in [-0.15, -0.1) is 0 Å². The number of anilines is 1. The highest BCUT2D eigenvalue weighted by Crippen LogP contribution is 2.73. The van der Waals surface area contributed by atoms with Gasteiger partial charge in [0.2, 0.25) is 11.8 Å². The minimum Gasteiger partial charge on any atom is -0.492 e. The smallest absolute Gasteiger partial charge is 0.238 e. The molecule has 1 aromatic rings. The van der Waals surface area contributed by atoms with Crippen molar-refractivity contribution >= 4 is 23.3 Å². The van der Waals surface area contributed by atoms with E-state index < -0.39 is 0 Å². The van der Waals surface area contributed by atoms with Crippen molar-refractivity contribution < 1.29 is 19.1 Å². The van der Waals surface area contributed by atoms with E-state index >= 15 is 0 Å². The maximum absolute atomic E-state index is 13.3. The van der Waals surface area contributed by atoms with Crippen LogP contribution in [0.5, 0.6) is 5.75 Å². The lowest BCUT2D eigenvalue weighted by Crippen LogP contribution is -2.35. The Morgan fingerprint density at radius 3 is 2.27 bits per heavy atom. The van der Waals surface area contributed by atoms with Crippen molar-refractivity contribution in [3.63, 3.8) is 0 Å². The summed E-state index contributed by atoms with van der Waals surface area (Å²) in [5.74, 6) is -0.0377. The van der Waals surface area contributed by atoms with Gasteiger partial charge in [0.1, 0.15) is 5.75 Å². The molecule has 2 saturated carbocycles. The summed E-state index contributed by atoms with van der Waals surface area (Å²) in [6.45, 7) is 3.75. The summed E-state index contributed by atoms with van der Waals surface area (Å²) in [7, 11) is 0. The van der Waals surface area contributed by atoms with Crippen LogP contribution in [-0.4, -0.2) is 24.2 Å². The van der Waals surface area contributed by atoms with Crippen molar-refractivity contribution in [3.05, 3.63) is 35.9 Å². The fraction of sp³-hybridized carbons (Fsp3) is 0.476. The van der Waals surface area contributed by atoms with Crippen LogP contribution in [0.3, 0.4) is 0 Å². The molecular formula is C21H21NO4. The van der Waals surface area contributed by atoms with Gasteiger partial charge in [0.05, 0.1) is 24.1 Å². The second-order valence-corrected chi connectivity index (χ2v) is 7.90. The van der Waals surface area contributed by atoms with Crippen molar-refractivity contribution in [3.8, 4) is 5.75 Å². The molecule has 0 aromatic heterocycles. The van der Waals surface area contributed by atoms with Crippen molar-refractivity contribution in [1.82, 2.24) is 0 Å². The molecule has 1 aromatic carbocycles. The van der Waals surface area contributed by atoms with E-state index in [1.807, 2.05) is 6.92 Å². The zero-order chi connectivity index (χ0) is 18.2. The lowest BCUT2D eigenvalue weighted by Gasteiger charge is -2.23. The monoisotopic (exact) mass is 351 g/mol. The van der Waals surface area contributed by atoms with Crippen LogP contribution in [0.4, 0.5) is 5.69 Å². The summed E-state index contributed by atoms with van der Waals surface area (Å²) >= 11 is 0. The van der Waals surface area contributed by atoms with Crippen LogP contribution in [0.25, 0.3) is 0 Å². The number of amides is 2. The maximum Gasteiger partial charge on any atom is 0.238 e. The number of hydrogen-bond donors (Lipinski definition) is 0. The molecule has 5 rings (SSSR count). The van der Waals surface area contributed by atoms with Crippen LogP contribution >= 0.6 is 0 Å². The quantitative estimate of drug-likeness (QED) is 0.475. The highest BCUT2D eigenvalue weighted by Gasteiger charge is 2.73. The molecule has 0 N–H and O–H groups in total. The first kappa shape index (κ1) is 15.8. The number of Topliss-reactive ketones (excluding diaryl/α,β-unsaturated/α-hetero) is 1. The minimum absolute atomic E-state index is 0.104. The average Bonchev–Trinajstić information content (AvgIpc) is 3.21. The number of nitrogens with zero attached hydrogens (tertiary/aromatic N) is 1. The number of ether oxygens (including phenoxy) is 1. The summed E-state index contributed by atoms with van der Waals surface area (Å²) in [5.41, 5.74) is 1.06. The number of fused-ring (bicyclic) bond motifs is 3. The molecule has 4 aliphatic rings. The molecule has 5 nitrogen and oxygen atoms in total. The molecule has 0 unspecified atom stereocenters. The van der Waals surface area contributed by atoms with E-state index in [4.69, 9.17) is 4.74 Å². The van der Waals surface area contributed by atoms with Crippen molar-refractivity contribution in [2.24, 2.45) is 29.1 Å². The number of benzene rings is 1. The lowest BCUT2D eigenvalue weighted by molar-refractivity contribution is -0.123. The van der Waals surface area contributed by atoms with Crippen LogP contribution in [0.15, 0.2) is 30.4 Å². The molecule has 3 fully saturated rings. The van der Waals surface area contributed by atoms with Gasteiger partial charge < -0.3 is 4.74 Å². The van der Waals surface area contributed by atoms with Crippen LogP contribution < -0.4 is 9.64 Å². The Balaban J connectivity index is 1.58. The molecule has 1 aliphatic heterocycles. The number of ketones is 1. The first-order chi connectivity index (χ1) is 12.5. The molecule has 2 amide bonds. The highest BCUT2D eigenvalue weighted by molar-refractivity contribution is 6.24. The molecule has 26 heavy (non-hydrogen) atoms. The topological polar surface area (TPSA) is 63.7 Å². The van der Waals surface area contributed by atoms with E-state index in [2.05, 4.69) is 12.2 Å². The summed E-state index contributed by atoms with van der Waals surface area (Å²) < 4.78 is 5.65. The van der Waals surface area contributed by atoms with Crippen molar-refractivity contribution in [2.75, 3.05) is 11.5 Å². The third-order valence-corrected chi connectivity index (χ3v) is 6.76. The fourth-order valence-electron chi connectivity index (χ4n) is 5.50.